The molecule has 4 nitrogen and oxygen atoms in total. The van der Waals surface area contributed by atoms with E-state index in [0.717, 1.165) is 31.0 Å². The number of hydrogen-bond acceptors (Lipinski definition) is 4. The van der Waals surface area contributed by atoms with Gasteiger partial charge in [0.05, 0.1) is 18.6 Å². The normalized spacial score (nSPS) is 18.2. The maximum absolute atomic E-state index is 5.11. The molecule has 1 aromatic carbocycles. The average Bonchev–Trinajstić information content (AvgIpc) is 3.01. The fourth-order valence-corrected chi connectivity index (χ4v) is 2.47. The van der Waals surface area contributed by atoms with Crippen molar-refractivity contribution in [3.05, 3.63) is 60.1 Å². The van der Waals surface area contributed by atoms with Crippen LogP contribution in [-0.4, -0.2) is 24.5 Å². The van der Waals surface area contributed by atoms with E-state index in [4.69, 9.17) is 4.42 Å². The molecule has 20 heavy (non-hydrogen) atoms. The first-order chi connectivity index (χ1) is 9.83. The van der Waals surface area contributed by atoms with Crippen molar-refractivity contribution >= 4 is 5.96 Å². The third-order valence-electron chi connectivity index (χ3n) is 3.55. The van der Waals surface area contributed by atoms with Gasteiger partial charge in [-0.05, 0) is 18.1 Å². The van der Waals surface area contributed by atoms with Crippen LogP contribution in [0.1, 0.15) is 23.6 Å². The van der Waals surface area contributed by atoms with Crippen LogP contribution >= 0.6 is 0 Å². The van der Waals surface area contributed by atoms with E-state index in [-0.39, 0.29) is 0 Å². The molecule has 1 atom stereocenters. The Morgan fingerprint density at radius 2 is 2.15 bits per heavy atom. The van der Waals surface area contributed by atoms with Gasteiger partial charge in [-0.2, -0.15) is 0 Å². The number of guanidine groups is 1. The van der Waals surface area contributed by atoms with Gasteiger partial charge in [0.1, 0.15) is 0 Å². The molecule has 3 rings (SSSR count). The van der Waals surface area contributed by atoms with Gasteiger partial charge in [-0.1, -0.05) is 30.3 Å². The van der Waals surface area contributed by atoms with Crippen molar-refractivity contribution in [1.29, 1.82) is 0 Å². The van der Waals surface area contributed by atoms with Gasteiger partial charge >= 0.3 is 0 Å². The molecule has 0 spiro atoms. The van der Waals surface area contributed by atoms with E-state index in [9.17, 15) is 0 Å². The minimum absolute atomic E-state index is 0.343. The number of hydrogen-bond donors (Lipinski definition) is 1. The largest absolute Gasteiger partial charge is 0.472 e. The van der Waals surface area contributed by atoms with Crippen molar-refractivity contribution in [1.82, 2.24) is 10.2 Å². The Kier molecular flexibility index (Phi) is 3.72. The SMILES string of the molecule is CN(Cc1ccoc1)C1=NCCC(c2ccccc2)N1. The lowest BCUT2D eigenvalue weighted by Crippen LogP contribution is -2.43. The molecule has 0 saturated heterocycles. The van der Waals surface area contributed by atoms with Crippen molar-refractivity contribution < 1.29 is 4.42 Å². The van der Waals surface area contributed by atoms with Gasteiger partial charge in [-0.25, -0.2) is 0 Å². The number of aliphatic imine (C=N–C) groups is 1. The lowest BCUT2D eigenvalue weighted by molar-refractivity contribution is 0.434. The Balaban J connectivity index is 1.67. The number of rotatable bonds is 3. The molecule has 1 aromatic heterocycles. The summed E-state index contributed by atoms with van der Waals surface area (Å²) in [6, 6.07) is 12.9. The van der Waals surface area contributed by atoms with Crippen LogP contribution < -0.4 is 5.32 Å². The first-order valence-electron chi connectivity index (χ1n) is 6.91. The molecule has 1 N–H and O–H groups in total. The summed E-state index contributed by atoms with van der Waals surface area (Å²) in [4.78, 5) is 6.71. The van der Waals surface area contributed by atoms with Crippen LogP contribution in [0, 0.1) is 0 Å². The molecule has 0 saturated carbocycles. The predicted molar refractivity (Wildman–Crippen MR) is 79.4 cm³/mol. The predicted octanol–water partition coefficient (Wildman–Crippen LogP) is 2.80. The number of furan rings is 1. The third kappa shape index (κ3) is 2.85. The van der Waals surface area contributed by atoms with Crippen LogP contribution in [-0.2, 0) is 6.54 Å². The second-order valence-corrected chi connectivity index (χ2v) is 5.09. The van der Waals surface area contributed by atoms with Crippen molar-refractivity contribution in [3.8, 4) is 0 Å². The van der Waals surface area contributed by atoms with Crippen LogP contribution in [0.3, 0.4) is 0 Å². The van der Waals surface area contributed by atoms with Crippen LogP contribution in [0.15, 0.2) is 58.3 Å². The summed E-state index contributed by atoms with van der Waals surface area (Å²) >= 11 is 0. The molecule has 2 aromatic rings. The van der Waals surface area contributed by atoms with Gasteiger partial charge in [0, 0.05) is 25.7 Å². The monoisotopic (exact) mass is 269 g/mol. The Morgan fingerprint density at radius 3 is 2.90 bits per heavy atom. The lowest BCUT2D eigenvalue weighted by atomic mass is 10.0. The van der Waals surface area contributed by atoms with Crippen LogP contribution in [0.4, 0.5) is 0 Å². The van der Waals surface area contributed by atoms with Gasteiger partial charge in [0.25, 0.3) is 0 Å². The zero-order valence-electron chi connectivity index (χ0n) is 11.6. The molecule has 0 radical (unpaired) electrons. The smallest absolute Gasteiger partial charge is 0.194 e. The molecular weight excluding hydrogens is 250 g/mol. The van der Waals surface area contributed by atoms with Crippen LogP contribution in [0.25, 0.3) is 0 Å². The summed E-state index contributed by atoms with van der Waals surface area (Å²) in [6.45, 7) is 1.65. The average molecular weight is 269 g/mol. The topological polar surface area (TPSA) is 40.8 Å². The molecule has 0 fully saturated rings. The van der Waals surface area contributed by atoms with E-state index < -0.39 is 0 Å². The molecule has 0 bridgehead atoms. The summed E-state index contributed by atoms with van der Waals surface area (Å²) in [5, 5.41) is 3.53. The third-order valence-corrected chi connectivity index (χ3v) is 3.55. The Labute approximate surface area is 119 Å². The van der Waals surface area contributed by atoms with Gasteiger partial charge in [-0.15, -0.1) is 0 Å². The zero-order valence-corrected chi connectivity index (χ0v) is 11.6. The molecule has 1 aliphatic rings. The van der Waals surface area contributed by atoms with E-state index >= 15 is 0 Å². The maximum atomic E-state index is 5.11. The van der Waals surface area contributed by atoms with E-state index in [1.165, 1.54) is 5.56 Å². The highest BCUT2D eigenvalue weighted by atomic mass is 16.3. The summed E-state index contributed by atoms with van der Waals surface area (Å²) in [6.07, 6.45) is 4.51. The van der Waals surface area contributed by atoms with E-state index in [0.29, 0.717) is 6.04 Å². The summed E-state index contributed by atoms with van der Waals surface area (Å²) in [5.41, 5.74) is 2.47. The van der Waals surface area contributed by atoms with Crippen LogP contribution in [0.2, 0.25) is 0 Å². The minimum Gasteiger partial charge on any atom is -0.472 e. The van der Waals surface area contributed by atoms with E-state index in [1.54, 1.807) is 12.5 Å². The standard InChI is InChI=1S/C16H19N3O/c1-19(11-13-8-10-20-12-13)16-17-9-7-15(18-16)14-5-3-2-4-6-14/h2-6,8,10,12,15H,7,9,11H2,1H3,(H,17,18). The molecule has 104 valence electrons. The zero-order chi connectivity index (χ0) is 13.8. The number of nitrogens with zero attached hydrogens (tertiary/aromatic N) is 2. The number of nitrogens with one attached hydrogen (secondary N) is 1. The van der Waals surface area contributed by atoms with Gasteiger partial charge < -0.3 is 14.6 Å². The number of benzene rings is 1. The molecule has 4 heteroatoms. The second-order valence-electron chi connectivity index (χ2n) is 5.09. The molecular formula is C16H19N3O. The van der Waals surface area contributed by atoms with Crippen molar-refractivity contribution in [2.24, 2.45) is 4.99 Å². The van der Waals surface area contributed by atoms with E-state index in [1.807, 2.05) is 19.2 Å². The fraction of sp³-hybridized carbons (Fsp3) is 0.312. The highest BCUT2D eigenvalue weighted by Crippen LogP contribution is 2.20. The highest BCUT2D eigenvalue weighted by Gasteiger charge is 2.19. The van der Waals surface area contributed by atoms with Gasteiger partial charge in [0.2, 0.25) is 0 Å². The van der Waals surface area contributed by atoms with Crippen molar-refractivity contribution in [2.75, 3.05) is 13.6 Å². The van der Waals surface area contributed by atoms with Crippen molar-refractivity contribution in [3.63, 3.8) is 0 Å². The second kappa shape index (κ2) is 5.82. The van der Waals surface area contributed by atoms with Gasteiger partial charge in [0.15, 0.2) is 5.96 Å². The minimum atomic E-state index is 0.343. The lowest BCUT2D eigenvalue weighted by Gasteiger charge is -2.30. The summed E-state index contributed by atoms with van der Waals surface area (Å²) < 4.78 is 5.11. The summed E-state index contributed by atoms with van der Waals surface area (Å²) in [5.74, 6) is 0.950. The molecule has 1 unspecified atom stereocenters. The Morgan fingerprint density at radius 1 is 1.30 bits per heavy atom. The highest BCUT2D eigenvalue weighted by molar-refractivity contribution is 5.80. The molecule has 1 aliphatic heterocycles. The fourth-order valence-electron chi connectivity index (χ4n) is 2.47. The molecule has 0 aliphatic carbocycles. The quantitative estimate of drug-likeness (QED) is 0.931. The Hall–Kier alpha value is -2.23. The molecule has 2 heterocycles. The first kappa shape index (κ1) is 12.8. The van der Waals surface area contributed by atoms with Gasteiger partial charge in [-0.3, -0.25) is 4.99 Å². The van der Waals surface area contributed by atoms with E-state index in [2.05, 4.69) is 39.5 Å². The molecule has 0 amide bonds. The maximum Gasteiger partial charge on any atom is 0.194 e. The Bertz CT molecular complexity index is 563. The van der Waals surface area contributed by atoms with Crippen LogP contribution in [0.5, 0.6) is 0 Å². The summed E-state index contributed by atoms with van der Waals surface area (Å²) in [7, 11) is 2.05. The first-order valence-corrected chi connectivity index (χ1v) is 6.91. The van der Waals surface area contributed by atoms with Crippen molar-refractivity contribution in [2.45, 2.75) is 19.0 Å².